The number of rotatable bonds is 8. The van der Waals surface area contributed by atoms with Crippen LogP contribution in [0.15, 0.2) is 22.6 Å². The van der Waals surface area contributed by atoms with Gasteiger partial charge in [-0.05, 0) is 24.5 Å². The highest BCUT2D eigenvalue weighted by molar-refractivity contribution is 7.98. The van der Waals surface area contributed by atoms with Gasteiger partial charge in [0.1, 0.15) is 5.76 Å². The molecule has 1 heterocycles. The molecule has 0 radical (unpaired) electrons. The Balaban J connectivity index is 2.42. The number of fused-ring (bicyclic) bond motifs is 1. The molecule has 5 nitrogen and oxygen atoms in total. The molecule has 0 saturated heterocycles. The van der Waals surface area contributed by atoms with Crippen LogP contribution in [-0.2, 0) is 17.6 Å². The third-order valence-corrected chi connectivity index (χ3v) is 3.72. The molecule has 0 atom stereocenters. The molecule has 1 aromatic heterocycles. The molecular weight excluding hydrogens is 292 g/mol. The van der Waals surface area contributed by atoms with Gasteiger partial charge in [0.25, 0.3) is 0 Å². The van der Waals surface area contributed by atoms with E-state index in [1.54, 1.807) is 17.8 Å². The number of thioether (sulfide) groups is 1. The SMILES string of the molecule is CSCCc1c(CCO)oc2c(OCC(=O)O)cccc12. The fourth-order valence-electron chi connectivity index (χ4n) is 2.23. The first kappa shape index (κ1) is 15.7. The number of ether oxygens (including phenoxy) is 1. The zero-order valence-corrected chi connectivity index (χ0v) is 12.6. The van der Waals surface area contributed by atoms with Crippen LogP contribution >= 0.6 is 11.8 Å². The van der Waals surface area contributed by atoms with Gasteiger partial charge in [-0.1, -0.05) is 12.1 Å². The molecular formula is C15H18O5S. The Labute approximate surface area is 126 Å². The molecule has 2 N–H and O–H groups in total. The van der Waals surface area contributed by atoms with Crippen molar-refractivity contribution in [3.05, 3.63) is 29.5 Å². The van der Waals surface area contributed by atoms with Gasteiger partial charge in [0.15, 0.2) is 17.9 Å². The van der Waals surface area contributed by atoms with Crippen LogP contribution in [0.3, 0.4) is 0 Å². The van der Waals surface area contributed by atoms with Gasteiger partial charge >= 0.3 is 5.97 Å². The number of furan rings is 1. The van der Waals surface area contributed by atoms with Crippen LogP contribution in [0.5, 0.6) is 5.75 Å². The number of para-hydroxylation sites is 1. The van der Waals surface area contributed by atoms with Crippen LogP contribution in [-0.4, -0.2) is 41.4 Å². The molecule has 2 rings (SSSR count). The van der Waals surface area contributed by atoms with Gasteiger partial charge in [0.2, 0.25) is 0 Å². The van der Waals surface area contributed by atoms with E-state index in [2.05, 4.69) is 0 Å². The predicted molar refractivity (Wildman–Crippen MR) is 82.2 cm³/mol. The van der Waals surface area contributed by atoms with Crippen LogP contribution in [0.2, 0.25) is 0 Å². The Kier molecular flexibility index (Phi) is 5.52. The minimum absolute atomic E-state index is 0.0113. The molecule has 0 unspecified atom stereocenters. The first-order valence-electron chi connectivity index (χ1n) is 6.65. The molecule has 0 saturated carbocycles. The summed E-state index contributed by atoms with van der Waals surface area (Å²) in [5.74, 6) is 1.09. The van der Waals surface area contributed by atoms with E-state index in [1.165, 1.54) is 0 Å². The lowest BCUT2D eigenvalue weighted by atomic mass is 10.1. The Morgan fingerprint density at radius 3 is 2.86 bits per heavy atom. The van der Waals surface area contributed by atoms with Crippen molar-refractivity contribution in [1.29, 1.82) is 0 Å². The highest BCUT2D eigenvalue weighted by atomic mass is 32.2. The van der Waals surface area contributed by atoms with Gasteiger partial charge in [-0.25, -0.2) is 4.79 Å². The van der Waals surface area contributed by atoms with Crippen LogP contribution in [0.1, 0.15) is 11.3 Å². The van der Waals surface area contributed by atoms with Gasteiger partial charge in [0, 0.05) is 17.4 Å². The minimum Gasteiger partial charge on any atom is -0.479 e. The van der Waals surface area contributed by atoms with Crippen LogP contribution in [0.4, 0.5) is 0 Å². The van der Waals surface area contributed by atoms with Crippen molar-refractivity contribution in [1.82, 2.24) is 0 Å². The lowest BCUT2D eigenvalue weighted by Gasteiger charge is -2.03. The fraction of sp³-hybridized carbons (Fsp3) is 0.400. The Morgan fingerprint density at radius 1 is 1.38 bits per heavy atom. The average Bonchev–Trinajstić information content (AvgIpc) is 2.81. The van der Waals surface area contributed by atoms with Crippen molar-refractivity contribution in [2.24, 2.45) is 0 Å². The first-order valence-corrected chi connectivity index (χ1v) is 8.04. The normalized spacial score (nSPS) is 11.0. The van der Waals surface area contributed by atoms with Gasteiger partial charge in [-0.15, -0.1) is 0 Å². The maximum absolute atomic E-state index is 10.6. The van der Waals surface area contributed by atoms with Gasteiger partial charge in [0.05, 0.1) is 6.61 Å². The van der Waals surface area contributed by atoms with Crippen LogP contribution in [0, 0.1) is 0 Å². The summed E-state index contributed by atoms with van der Waals surface area (Å²) in [6.07, 6.45) is 3.32. The number of benzene rings is 1. The molecule has 2 aromatic rings. The number of hydrogen-bond acceptors (Lipinski definition) is 5. The lowest BCUT2D eigenvalue weighted by Crippen LogP contribution is -2.09. The molecule has 21 heavy (non-hydrogen) atoms. The van der Waals surface area contributed by atoms with Crippen molar-refractivity contribution < 1.29 is 24.2 Å². The zero-order chi connectivity index (χ0) is 15.2. The Morgan fingerprint density at radius 2 is 2.19 bits per heavy atom. The molecule has 0 fully saturated rings. The highest BCUT2D eigenvalue weighted by Gasteiger charge is 2.17. The average molecular weight is 310 g/mol. The lowest BCUT2D eigenvalue weighted by molar-refractivity contribution is -0.139. The van der Waals surface area contributed by atoms with E-state index in [-0.39, 0.29) is 6.61 Å². The largest absolute Gasteiger partial charge is 0.479 e. The molecule has 0 amide bonds. The summed E-state index contributed by atoms with van der Waals surface area (Å²) >= 11 is 1.74. The summed E-state index contributed by atoms with van der Waals surface area (Å²) < 4.78 is 11.1. The molecule has 114 valence electrons. The van der Waals surface area contributed by atoms with Gasteiger partial charge < -0.3 is 19.4 Å². The minimum atomic E-state index is -1.03. The number of aryl methyl sites for hydroxylation is 1. The summed E-state index contributed by atoms with van der Waals surface area (Å²) in [7, 11) is 0. The molecule has 1 aromatic carbocycles. The van der Waals surface area contributed by atoms with E-state index < -0.39 is 12.6 Å². The van der Waals surface area contributed by atoms with E-state index in [0.29, 0.717) is 17.8 Å². The smallest absolute Gasteiger partial charge is 0.341 e. The van der Waals surface area contributed by atoms with E-state index in [1.807, 2.05) is 18.4 Å². The molecule has 0 spiro atoms. The maximum Gasteiger partial charge on any atom is 0.341 e. The number of carbonyl (C=O) groups is 1. The molecule has 0 bridgehead atoms. The number of aliphatic carboxylic acids is 1. The standard InChI is InChI=1S/C15H18O5S/c1-21-8-6-10-11-3-2-4-13(19-9-14(17)18)15(11)20-12(10)5-7-16/h2-4,16H,5-9H2,1H3,(H,17,18). The van der Waals surface area contributed by atoms with Gasteiger partial charge in [-0.3, -0.25) is 0 Å². The molecule has 0 aliphatic heterocycles. The monoisotopic (exact) mass is 310 g/mol. The van der Waals surface area contributed by atoms with Crippen molar-refractivity contribution in [3.8, 4) is 5.75 Å². The predicted octanol–water partition coefficient (Wildman–Crippen LogP) is 2.34. The second kappa shape index (κ2) is 7.38. The van der Waals surface area contributed by atoms with Crippen molar-refractivity contribution in [2.45, 2.75) is 12.8 Å². The number of aliphatic hydroxyl groups is 1. The second-order valence-electron chi connectivity index (χ2n) is 4.54. The highest BCUT2D eigenvalue weighted by Crippen LogP contribution is 2.33. The van der Waals surface area contributed by atoms with Gasteiger partial charge in [-0.2, -0.15) is 11.8 Å². The summed E-state index contributed by atoms with van der Waals surface area (Å²) in [5.41, 5.74) is 1.62. The zero-order valence-electron chi connectivity index (χ0n) is 11.8. The number of carboxylic acids is 1. The molecule has 6 heteroatoms. The topological polar surface area (TPSA) is 79.9 Å². The summed E-state index contributed by atoms with van der Waals surface area (Å²) in [6, 6.07) is 5.44. The summed E-state index contributed by atoms with van der Waals surface area (Å²) in [4.78, 5) is 10.6. The Bertz CT molecular complexity index is 620. The van der Waals surface area contributed by atoms with E-state index >= 15 is 0 Å². The number of carboxylic acid groups (broad SMARTS) is 1. The maximum atomic E-state index is 10.6. The van der Waals surface area contributed by atoms with Crippen LogP contribution in [0.25, 0.3) is 11.0 Å². The summed E-state index contributed by atoms with van der Waals surface area (Å²) in [5, 5.41) is 18.8. The first-order chi connectivity index (χ1) is 10.2. The van der Waals surface area contributed by atoms with Crippen molar-refractivity contribution in [2.75, 3.05) is 25.2 Å². The third-order valence-electron chi connectivity index (χ3n) is 3.11. The number of hydrogen-bond donors (Lipinski definition) is 2. The summed E-state index contributed by atoms with van der Waals surface area (Å²) in [6.45, 7) is -0.396. The van der Waals surface area contributed by atoms with Crippen LogP contribution < -0.4 is 4.74 Å². The number of aliphatic hydroxyl groups excluding tert-OH is 1. The third kappa shape index (κ3) is 3.71. The Hall–Kier alpha value is -1.66. The van der Waals surface area contributed by atoms with E-state index in [0.717, 1.165) is 28.9 Å². The quantitative estimate of drug-likeness (QED) is 0.779. The van der Waals surface area contributed by atoms with E-state index in [4.69, 9.17) is 19.4 Å². The molecule has 0 aliphatic carbocycles. The fourth-order valence-corrected chi connectivity index (χ4v) is 2.64. The van der Waals surface area contributed by atoms with Crippen molar-refractivity contribution >= 4 is 28.7 Å². The second-order valence-corrected chi connectivity index (χ2v) is 5.52. The molecule has 0 aliphatic rings. The van der Waals surface area contributed by atoms with E-state index in [9.17, 15) is 4.79 Å². The van der Waals surface area contributed by atoms with Crippen molar-refractivity contribution in [3.63, 3.8) is 0 Å².